The minimum absolute atomic E-state index is 0. The summed E-state index contributed by atoms with van der Waals surface area (Å²) in [6, 6.07) is -0.415. The Morgan fingerprint density at radius 3 is 2.46 bits per heavy atom. The van der Waals surface area contributed by atoms with Gasteiger partial charge in [-0.1, -0.05) is 13.8 Å². The molecule has 0 bridgehead atoms. The van der Waals surface area contributed by atoms with Gasteiger partial charge in [0.1, 0.15) is 0 Å². The highest BCUT2D eigenvalue weighted by atomic mass is 35.5. The molecular weight excluding hydrogens is 192 g/mol. The first-order valence-corrected chi connectivity index (χ1v) is 4.11. The van der Waals surface area contributed by atoms with E-state index in [4.69, 9.17) is 10.5 Å². The lowest BCUT2D eigenvalue weighted by atomic mass is 10.1. The van der Waals surface area contributed by atoms with Crippen LogP contribution < -0.4 is 11.1 Å². The fourth-order valence-corrected chi connectivity index (χ4v) is 0.697. The van der Waals surface area contributed by atoms with Crippen molar-refractivity contribution in [3.8, 4) is 0 Å². The summed E-state index contributed by atoms with van der Waals surface area (Å²) in [5, 5.41) is 2.68. The Labute approximate surface area is 85.6 Å². The van der Waals surface area contributed by atoms with E-state index in [-0.39, 0.29) is 24.2 Å². The number of ether oxygens (including phenoxy) is 1. The Bertz CT molecular complexity index is 142. The Morgan fingerprint density at radius 2 is 2.08 bits per heavy atom. The molecule has 0 aliphatic carbocycles. The number of carbonyl (C=O) groups excluding carboxylic acids is 1. The normalized spacial score (nSPS) is 12.1. The van der Waals surface area contributed by atoms with Gasteiger partial charge in [0.25, 0.3) is 0 Å². The van der Waals surface area contributed by atoms with Crippen molar-refractivity contribution in [1.82, 2.24) is 5.32 Å². The van der Waals surface area contributed by atoms with E-state index in [0.29, 0.717) is 13.2 Å². The zero-order valence-electron chi connectivity index (χ0n) is 8.37. The van der Waals surface area contributed by atoms with Crippen LogP contribution in [0.4, 0.5) is 0 Å². The Kier molecular flexibility index (Phi) is 9.67. The molecule has 0 unspecified atom stereocenters. The topological polar surface area (TPSA) is 64.3 Å². The molecule has 3 N–H and O–H groups in total. The molecule has 4 nitrogen and oxygen atoms in total. The van der Waals surface area contributed by atoms with Crippen molar-refractivity contribution in [1.29, 1.82) is 0 Å². The number of amides is 1. The van der Waals surface area contributed by atoms with Gasteiger partial charge in [0.15, 0.2) is 0 Å². The van der Waals surface area contributed by atoms with Gasteiger partial charge in [-0.25, -0.2) is 0 Å². The van der Waals surface area contributed by atoms with E-state index in [1.54, 1.807) is 7.11 Å². The van der Waals surface area contributed by atoms with Gasteiger partial charge in [-0.2, -0.15) is 0 Å². The van der Waals surface area contributed by atoms with Gasteiger partial charge < -0.3 is 15.8 Å². The molecule has 0 fully saturated rings. The second kappa shape index (κ2) is 8.29. The summed E-state index contributed by atoms with van der Waals surface area (Å²) < 4.78 is 4.78. The molecule has 0 heterocycles. The monoisotopic (exact) mass is 210 g/mol. The molecule has 0 aliphatic heterocycles. The average Bonchev–Trinajstić information content (AvgIpc) is 2.03. The molecule has 0 aromatic carbocycles. The first kappa shape index (κ1) is 15.2. The lowest BCUT2D eigenvalue weighted by molar-refractivity contribution is -0.123. The van der Waals surface area contributed by atoms with Crippen molar-refractivity contribution in [3.63, 3.8) is 0 Å². The highest BCUT2D eigenvalue weighted by molar-refractivity contribution is 5.85. The molecule has 0 radical (unpaired) electrons. The van der Waals surface area contributed by atoms with Crippen LogP contribution in [0.15, 0.2) is 0 Å². The maximum atomic E-state index is 11.2. The van der Waals surface area contributed by atoms with Gasteiger partial charge in [0, 0.05) is 13.7 Å². The number of halogens is 1. The third-order valence-electron chi connectivity index (χ3n) is 1.63. The fraction of sp³-hybridized carbons (Fsp3) is 0.875. The second-order valence-corrected chi connectivity index (χ2v) is 3.05. The van der Waals surface area contributed by atoms with Crippen molar-refractivity contribution in [2.75, 3.05) is 20.3 Å². The summed E-state index contributed by atoms with van der Waals surface area (Å²) in [6.07, 6.45) is 0. The van der Waals surface area contributed by atoms with Gasteiger partial charge in [0.2, 0.25) is 5.91 Å². The summed E-state index contributed by atoms with van der Waals surface area (Å²) in [6.45, 7) is 4.88. The number of carbonyl (C=O) groups is 1. The molecule has 0 saturated heterocycles. The molecular formula is C8H19ClN2O2. The summed E-state index contributed by atoms with van der Waals surface area (Å²) in [5.74, 6) is 0.0644. The van der Waals surface area contributed by atoms with Crippen LogP contribution in [-0.4, -0.2) is 32.2 Å². The third kappa shape index (κ3) is 6.81. The Hall–Kier alpha value is -0.320. The average molecular weight is 211 g/mol. The third-order valence-corrected chi connectivity index (χ3v) is 1.63. The summed E-state index contributed by atoms with van der Waals surface area (Å²) in [7, 11) is 1.59. The zero-order chi connectivity index (χ0) is 9.56. The molecule has 5 heteroatoms. The Balaban J connectivity index is 0. The molecule has 0 aliphatic rings. The zero-order valence-corrected chi connectivity index (χ0v) is 9.19. The summed E-state index contributed by atoms with van der Waals surface area (Å²) in [5.41, 5.74) is 5.59. The quantitative estimate of drug-likeness (QED) is 0.636. The minimum atomic E-state index is -0.415. The highest BCUT2D eigenvalue weighted by Gasteiger charge is 2.15. The number of hydrogen-bond acceptors (Lipinski definition) is 3. The molecule has 80 valence electrons. The van der Waals surface area contributed by atoms with Crippen molar-refractivity contribution >= 4 is 18.3 Å². The highest BCUT2D eigenvalue weighted by Crippen LogP contribution is 1.96. The lowest BCUT2D eigenvalue weighted by Gasteiger charge is -2.14. The molecule has 0 aromatic rings. The molecule has 13 heavy (non-hydrogen) atoms. The van der Waals surface area contributed by atoms with Crippen LogP contribution in [0.5, 0.6) is 0 Å². The first-order valence-electron chi connectivity index (χ1n) is 4.11. The van der Waals surface area contributed by atoms with Crippen LogP contribution in [0.2, 0.25) is 0 Å². The minimum Gasteiger partial charge on any atom is -0.383 e. The smallest absolute Gasteiger partial charge is 0.237 e. The second-order valence-electron chi connectivity index (χ2n) is 3.05. The summed E-state index contributed by atoms with van der Waals surface area (Å²) >= 11 is 0. The van der Waals surface area contributed by atoms with Crippen LogP contribution in [-0.2, 0) is 9.53 Å². The van der Waals surface area contributed by atoms with Gasteiger partial charge in [-0.3, -0.25) is 4.79 Å². The van der Waals surface area contributed by atoms with E-state index in [9.17, 15) is 4.79 Å². The van der Waals surface area contributed by atoms with Crippen molar-refractivity contribution in [2.24, 2.45) is 11.7 Å². The van der Waals surface area contributed by atoms with Gasteiger partial charge in [-0.05, 0) is 5.92 Å². The maximum absolute atomic E-state index is 11.2. The number of hydrogen-bond donors (Lipinski definition) is 2. The number of nitrogens with two attached hydrogens (primary N) is 1. The van der Waals surface area contributed by atoms with E-state index in [2.05, 4.69) is 5.32 Å². The largest absolute Gasteiger partial charge is 0.383 e. The van der Waals surface area contributed by atoms with Crippen LogP contribution in [0.25, 0.3) is 0 Å². The van der Waals surface area contributed by atoms with E-state index >= 15 is 0 Å². The Morgan fingerprint density at radius 1 is 1.54 bits per heavy atom. The maximum Gasteiger partial charge on any atom is 0.237 e. The molecule has 0 spiro atoms. The predicted molar refractivity (Wildman–Crippen MR) is 54.9 cm³/mol. The van der Waals surface area contributed by atoms with Gasteiger partial charge in [-0.15, -0.1) is 12.4 Å². The number of nitrogens with one attached hydrogen (secondary N) is 1. The van der Waals surface area contributed by atoms with Crippen LogP contribution >= 0.6 is 12.4 Å². The lowest BCUT2D eigenvalue weighted by Crippen LogP contribution is -2.44. The molecule has 0 rings (SSSR count). The standard InChI is InChI=1S/C8H18N2O2.ClH/c1-6(2)7(9)8(11)10-4-5-12-3;/h6-7H,4-5,9H2,1-3H3,(H,10,11);1H/t7-;/m1./s1. The van der Waals surface area contributed by atoms with E-state index < -0.39 is 6.04 Å². The van der Waals surface area contributed by atoms with Gasteiger partial charge in [0.05, 0.1) is 12.6 Å². The first-order chi connectivity index (χ1) is 5.59. The number of methoxy groups -OCH3 is 1. The molecule has 0 saturated carbocycles. The SMILES string of the molecule is COCCNC(=O)[C@H](N)C(C)C.Cl. The van der Waals surface area contributed by atoms with Gasteiger partial charge >= 0.3 is 0 Å². The van der Waals surface area contributed by atoms with Crippen molar-refractivity contribution in [2.45, 2.75) is 19.9 Å². The van der Waals surface area contributed by atoms with Crippen LogP contribution in [0, 0.1) is 5.92 Å². The van der Waals surface area contributed by atoms with E-state index in [0.717, 1.165) is 0 Å². The number of rotatable bonds is 5. The summed E-state index contributed by atoms with van der Waals surface area (Å²) in [4.78, 5) is 11.2. The molecule has 1 amide bonds. The van der Waals surface area contributed by atoms with Crippen molar-refractivity contribution in [3.05, 3.63) is 0 Å². The van der Waals surface area contributed by atoms with E-state index in [1.807, 2.05) is 13.8 Å². The molecule has 0 aromatic heterocycles. The fourth-order valence-electron chi connectivity index (χ4n) is 0.697. The predicted octanol–water partition coefficient (Wildman–Crippen LogP) is 0.154. The van der Waals surface area contributed by atoms with Crippen molar-refractivity contribution < 1.29 is 9.53 Å². The van der Waals surface area contributed by atoms with Crippen LogP contribution in [0.1, 0.15) is 13.8 Å². The van der Waals surface area contributed by atoms with E-state index in [1.165, 1.54) is 0 Å². The molecule has 1 atom stereocenters. The van der Waals surface area contributed by atoms with Crippen LogP contribution in [0.3, 0.4) is 0 Å².